The SMILES string of the molecule is CCOc1cc(/C=N\NC(=O)C(=O)NCC(C)C)cc(Cl)c1OCC(=O)Nc1ccc(C)cc1. The van der Waals surface area contributed by atoms with Crippen LogP contribution in [0.4, 0.5) is 5.69 Å². The first kappa shape index (κ1) is 26.7. The zero-order valence-electron chi connectivity index (χ0n) is 19.6. The van der Waals surface area contributed by atoms with Crippen LogP contribution in [0.5, 0.6) is 11.5 Å². The molecule has 0 spiro atoms. The maximum absolute atomic E-state index is 12.2. The number of carbonyl (C=O) groups is 3. The van der Waals surface area contributed by atoms with Crippen molar-refractivity contribution in [3.63, 3.8) is 0 Å². The minimum absolute atomic E-state index is 0.191. The van der Waals surface area contributed by atoms with E-state index in [9.17, 15) is 14.4 Å². The molecule has 2 rings (SSSR count). The maximum Gasteiger partial charge on any atom is 0.329 e. The van der Waals surface area contributed by atoms with E-state index in [0.29, 0.717) is 30.2 Å². The van der Waals surface area contributed by atoms with Crippen molar-refractivity contribution in [2.24, 2.45) is 11.0 Å². The van der Waals surface area contributed by atoms with Gasteiger partial charge in [0.25, 0.3) is 5.91 Å². The quantitative estimate of drug-likeness (QED) is 0.269. The molecule has 0 aromatic heterocycles. The number of hydrazone groups is 1. The van der Waals surface area contributed by atoms with Gasteiger partial charge in [-0.3, -0.25) is 14.4 Å². The van der Waals surface area contributed by atoms with Gasteiger partial charge in [-0.05, 0) is 49.6 Å². The average Bonchev–Trinajstić information content (AvgIpc) is 2.78. The molecular weight excluding hydrogens is 460 g/mol. The number of aryl methyl sites for hydroxylation is 1. The molecule has 0 aliphatic rings. The number of halogens is 1. The molecule has 2 aromatic rings. The lowest BCUT2D eigenvalue weighted by Crippen LogP contribution is -2.39. The van der Waals surface area contributed by atoms with E-state index in [1.54, 1.807) is 25.1 Å². The summed E-state index contributed by atoms with van der Waals surface area (Å²) in [5.41, 5.74) is 4.39. The molecule has 0 saturated heterocycles. The summed E-state index contributed by atoms with van der Waals surface area (Å²) in [6.07, 6.45) is 1.32. The van der Waals surface area contributed by atoms with Crippen LogP contribution in [-0.2, 0) is 14.4 Å². The number of amides is 3. The van der Waals surface area contributed by atoms with Crippen LogP contribution < -0.4 is 25.5 Å². The molecule has 0 aliphatic heterocycles. The third-order valence-corrected chi connectivity index (χ3v) is 4.55. The zero-order chi connectivity index (χ0) is 25.1. The van der Waals surface area contributed by atoms with E-state index in [1.165, 1.54) is 12.3 Å². The van der Waals surface area contributed by atoms with Crippen LogP contribution in [0.2, 0.25) is 5.02 Å². The second-order valence-corrected chi connectivity index (χ2v) is 8.18. The number of benzene rings is 2. The van der Waals surface area contributed by atoms with Gasteiger partial charge in [-0.1, -0.05) is 43.1 Å². The molecule has 0 atom stereocenters. The fourth-order valence-electron chi connectivity index (χ4n) is 2.63. The molecule has 0 aliphatic carbocycles. The molecule has 10 heteroatoms. The average molecular weight is 489 g/mol. The second-order valence-electron chi connectivity index (χ2n) is 7.77. The Morgan fingerprint density at radius 3 is 2.44 bits per heavy atom. The van der Waals surface area contributed by atoms with Crippen molar-refractivity contribution < 1.29 is 23.9 Å². The Morgan fingerprint density at radius 1 is 1.09 bits per heavy atom. The van der Waals surface area contributed by atoms with Gasteiger partial charge in [-0.15, -0.1) is 0 Å². The summed E-state index contributed by atoms with van der Waals surface area (Å²) in [7, 11) is 0. The molecule has 2 aromatic carbocycles. The fourth-order valence-corrected chi connectivity index (χ4v) is 2.90. The Labute approximate surface area is 203 Å². The molecule has 0 radical (unpaired) electrons. The number of carbonyl (C=O) groups excluding carboxylic acids is 3. The standard InChI is InChI=1S/C24H29ClN4O5/c1-5-33-20-11-17(13-27-29-24(32)23(31)26-12-15(2)3)10-19(25)22(20)34-14-21(30)28-18-8-6-16(4)7-9-18/h6-11,13,15H,5,12,14H2,1-4H3,(H,26,31)(H,28,30)(H,29,32)/b27-13-. The first-order valence-electron chi connectivity index (χ1n) is 10.8. The third kappa shape index (κ3) is 8.74. The molecule has 0 fully saturated rings. The van der Waals surface area contributed by atoms with Crippen LogP contribution in [0.3, 0.4) is 0 Å². The van der Waals surface area contributed by atoms with Gasteiger partial charge in [0.05, 0.1) is 17.8 Å². The molecule has 3 N–H and O–H groups in total. The molecule has 3 amide bonds. The Morgan fingerprint density at radius 2 is 1.79 bits per heavy atom. The van der Waals surface area contributed by atoms with Crippen molar-refractivity contribution in [1.82, 2.24) is 10.7 Å². The minimum Gasteiger partial charge on any atom is -0.490 e. The molecule has 0 unspecified atom stereocenters. The van der Waals surface area contributed by atoms with Crippen LogP contribution in [0.1, 0.15) is 31.9 Å². The summed E-state index contributed by atoms with van der Waals surface area (Å²) in [6, 6.07) is 10.5. The molecule has 182 valence electrons. The van der Waals surface area contributed by atoms with E-state index in [-0.39, 0.29) is 29.2 Å². The van der Waals surface area contributed by atoms with Crippen LogP contribution in [0.15, 0.2) is 41.5 Å². The monoisotopic (exact) mass is 488 g/mol. The van der Waals surface area contributed by atoms with Crippen molar-refractivity contribution in [2.75, 3.05) is 25.1 Å². The van der Waals surface area contributed by atoms with Crippen molar-refractivity contribution in [1.29, 1.82) is 0 Å². The number of anilines is 1. The minimum atomic E-state index is -0.882. The van der Waals surface area contributed by atoms with Gasteiger partial charge in [0.1, 0.15) is 0 Å². The summed E-state index contributed by atoms with van der Waals surface area (Å²) in [5, 5.41) is 9.22. The van der Waals surface area contributed by atoms with Gasteiger partial charge >= 0.3 is 11.8 Å². The summed E-state index contributed by atoms with van der Waals surface area (Å²) in [6.45, 7) is 8.02. The summed E-state index contributed by atoms with van der Waals surface area (Å²) >= 11 is 6.34. The largest absolute Gasteiger partial charge is 0.490 e. The smallest absolute Gasteiger partial charge is 0.329 e. The summed E-state index contributed by atoms with van der Waals surface area (Å²) in [5.74, 6) is -1.28. The van der Waals surface area contributed by atoms with E-state index < -0.39 is 11.8 Å². The highest BCUT2D eigenvalue weighted by molar-refractivity contribution is 6.35. The zero-order valence-corrected chi connectivity index (χ0v) is 20.4. The highest BCUT2D eigenvalue weighted by atomic mass is 35.5. The molecule has 9 nitrogen and oxygen atoms in total. The maximum atomic E-state index is 12.2. The molecule has 34 heavy (non-hydrogen) atoms. The lowest BCUT2D eigenvalue weighted by molar-refractivity contribution is -0.139. The van der Waals surface area contributed by atoms with E-state index in [2.05, 4.69) is 21.2 Å². The van der Waals surface area contributed by atoms with Crippen LogP contribution in [-0.4, -0.2) is 43.7 Å². The molecule has 0 saturated carbocycles. The highest BCUT2D eigenvalue weighted by Gasteiger charge is 2.15. The fraction of sp³-hybridized carbons (Fsp3) is 0.333. The third-order valence-electron chi connectivity index (χ3n) is 4.27. The molecular formula is C24H29ClN4O5. The number of ether oxygens (including phenoxy) is 2. The van der Waals surface area contributed by atoms with Crippen LogP contribution in [0, 0.1) is 12.8 Å². The molecule has 0 bridgehead atoms. The Hall–Kier alpha value is -3.59. The van der Waals surface area contributed by atoms with Crippen molar-refractivity contribution in [2.45, 2.75) is 27.7 Å². The highest BCUT2D eigenvalue weighted by Crippen LogP contribution is 2.36. The Balaban J connectivity index is 2.01. The Kier molecular flexibility index (Phi) is 10.3. The van der Waals surface area contributed by atoms with Gasteiger partial charge in [-0.25, -0.2) is 5.43 Å². The summed E-state index contributed by atoms with van der Waals surface area (Å²) in [4.78, 5) is 35.7. The van der Waals surface area contributed by atoms with E-state index >= 15 is 0 Å². The van der Waals surface area contributed by atoms with Gasteiger partial charge in [0, 0.05) is 12.2 Å². The summed E-state index contributed by atoms with van der Waals surface area (Å²) < 4.78 is 11.2. The van der Waals surface area contributed by atoms with Gasteiger partial charge < -0.3 is 20.1 Å². The van der Waals surface area contributed by atoms with Crippen LogP contribution in [0.25, 0.3) is 0 Å². The lowest BCUT2D eigenvalue weighted by atomic mass is 10.2. The van der Waals surface area contributed by atoms with E-state index in [4.69, 9.17) is 21.1 Å². The van der Waals surface area contributed by atoms with E-state index in [0.717, 1.165) is 5.56 Å². The van der Waals surface area contributed by atoms with Gasteiger partial charge in [0.15, 0.2) is 18.1 Å². The normalized spacial score (nSPS) is 10.8. The van der Waals surface area contributed by atoms with Crippen molar-refractivity contribution >= 4 is 41.2 Å². The van der Waals surface area contributed by atoms with Crippen molar-refractivity contribution in [3.05, 3.63) is 52.5 Å². The van der Waals surface area contributed by atoms with Crippen LogP contribution >= 0.6 is 11.6 Å². The number of nitrogens with one attached hydrogen (secondary N) is 3. The number of hydrogen-bond acceptors (Lipinski definition) is 6. The van der Waals surface area contributed by atoms with Gasteiger partial charge in [-0.2, -0.15) is 5.10 Å². The number of nitrogens with zero attached hydrogens (tertiary/aromatic N) is 1. The van der Waals surface area contributed by atoms with E-state index in [1.807, 2.05) is 32.9 Å². The molecule has 0 heterocycles. The second kappa shape index (κ2) is 13.2. The van der Waals surface area contributed by atoms with Crippen molar-refractivity contribution in [3.8, 4) is 11.5 Å². The number of hydrogen-bond donors (Lipinski definition) is 3. The van der Waals surface area contributed by atoms with Gasteiger partial charge in [0.2, 0.25) is 0 Å². The Bertz CT molecular complexity index is 1040. The topological polar surface area (TPSA) is 118 Å². The predicted molar refractivity (Wildman–Crippen MR) is 132 cm³/mol. The number of rotatable bonds is 10. The predicted octanol–water partition coefficient (Wildman–Crippen LogP) is 3.29. The first-order valence-corrected chi connectivity index (χ1v) is 11.1. The lowest BCUT2D eigenvalue weighted by Gasteiger charge is -2.14. The first-order chi connectivity index (χ1) is 16.2.